The van der Waals surface area contributed by atoms with Gasteiger partial charge in [0.1, 0.15) is 0 Å². The Labute approximate surface area is 219 Å². The van der Waals surface area contributed by atoms with Crippen molar-refractivity contribution < 1.29 is 4.79 Å². The van der Waals surface area contributed by atoms with Crippen LogP contribution in [0, 0.1) is 0 Å². The SMILES string of the molecule is O=C(Nc1ccc(Nc2ccc(Cl)cc2)cc1)c1ccccc1CN1CCC(N2CCCCC2)CC1. The second kappa shape index (κ2) is 11.9. The maximum absolute atomic E-state index is 13.2. The van der Waals surface area contributed by atoms with Gasteiger partial charge in [-0.05, 0) is 112 Å². The number of carbonyl (C=O) groups excluding carboxylic acids is 1. The highest BCUT2D eigenvalue weighted by atomic mass is 35.5. The molecule has 2 aliphatic heterocycles. The van der Waals surface area contributed by atoms with E-state index in [1.807, 2.05) is 66.7 Å². The molecule has 5 nitrogen and oxygen atoms in total. The Morgan fingerprint density at radius 1 is 0.778 bits per heavy atom. The van der Waals surface area contributed by atoms with Crippen LogP contribution in [0.5, 0.6) is 0 Å². The highest BCUT2D eigenvalue weighted by molar-refractivity contribution is 6.30. The molecule has 2 aliphatic rings. The van der Waals surface area contributed by atoms with Crippen molar-refractivity contribution in [2.75, 3.05) is 36.8 Å². The van der Waals surface area contributed by atoms with Gasteiger partial charge in [0.25, 0.3) is 5.91 Å². The standard InChI is InChI=1S/C30H35ClN4O/c31-24-8-10-25(11-9-24)32-26-12-14-27(15-13-26)33-30(36)29-7-3-2-6-23(29)22-34-20-16-28(17-21-34)35-18-4-1-5-19-35/h2-3,6-15,28,32H,1,4-5,16-22H2,(H,33,36). The summed E-state index contributed by atoms with van der Waals surface area (Å²) < 4.78 is 0. The molecule has 0 unspecified atom stereocenters. The number of anilines is 3. The number of benzene rings is 3. The molecule has 2 saturated heterocycles. The topological polar surface area (TPSA) is 47.6 Å². The lowest BCUT2D eigenvalue weighted by molar-refractivity contribution is 0.0891. The van der Waals surface area contributed by atoms with Crippen molar-refractivity contribution >= 4 is 34.6 Å². The largest absolute Gasteiger partial charge is 0.356 e. The Balaban J connectivity index is 1.16. The summed E-state index contributed by atoms with van der Waals surface area (Å²) in [6, 6.07) is 24.1. The maximum atomic E-state index is 13.2. The third-order valence-corrected chi connectivity index (χ3v) is 7.65. The molecule has 0 spiro atoms. The van der Waals surface area contributed by atoms with Gasteiger partial charge in [-0.3, -0.25) is 9.69 Å². The molecular formula is C30H35ClN4O. The first kappa shape index (κ1) is 24.8. The van der Waals surface area contributed by atoms with E-state index in [9.17, 15) is 4.79 Å². The van der Waals surface area contributed by atoms with Crippen LogP contribution < -0.4 is 10.6 Å². The van der Waals surface area contributed by atoms with Crippen LogP contribution in [0.4, 0.5) is 17.1 Å². The smallest absolute Gasteiger partial charge is 0.255 e. The van der Waals surface area contributed by atoms with E-state index in [0.717, 1.165) is 53.9 Å². The number of hydrogen-bond acceptors (Lipinski definition) is 4. The van der Waals surface area contributed by atoms with Crippen molar-refractivity contribution in [1.82, 2.24) is 9.80 Å². The average Bonchev–Trinajstić information content (AvgIpc) is 2.92. The molecule has 2 N–H and O–H groups in total. The van der Waals surface area contributed by atoms with E-state index in [4.69, 9.17) is 11.6 Å². The van der Waals surface area contributed by atoms with Gasteiger partial charge in [-0.1, -0.05) is 36.2 Å². The Morgan fingerprint density at radius 3 is 2.08 bits per heavy atom. The Morgan fingerprint density at radius 2 is 1.39 bits per heavy atom. The summed E-state index contributed by atoms with van der Waals surface area (Å²) in [6.45, 7) is 5.55. The second-order valence-corrected chi connectivity index (χ2v) is 10.4. The first-order valence-electron chi connectivity index (χ1n) is 13.1. The van der Waals surface area contributed by atoms with Gasteiger partial charge in [0.05, 0.1) is 0 Å². The Hall–Kier alpha value is -2.86. The third-order valence-electron chi connectivity index (χ3n) is 7.40. The van der Waals surface area contributed by atoms with Gasteiger partial charge in [0.15, 0.2) is 0 Å². The molecule has 3 aromatic rings. The van der Waals surface area contributed by atoms with Crippen LogP contribution in [-0.2, 0) is 6.54 Å². The number of amides is 1. The van der Waals surface area contributed by atoms with E-state index in [1.165, 1.54) is 45.2 Å². The minimum atomic E-state index is -0.0628. The van der Waals surface area contributed by atoms with Crippen LogP contribution in [0.2, 0.25) is 5.02 Å². The lowest BCUT2D eigenvalue weighted by Gasteiger charge is -2.40. The second-order valence-electron chi connectivity index (χ2n) is 9.92. The lowest BCUT2D eigenvalue weighted by atomic mass is 9.98. The summed E-state index contributed by atoms with van der Waals surface area (Å²) >= 11 is 5.96. The van der Waals surface area contributed by atoms with E-state index in [1.54, 1.807) is 0 Å². The van der Waals surface area contributed by atoms with Crippen molar-refractivity contribution in [3.05, 3.63) is 88.9 Å². The van der Waals surface area contributed by atoms with Crippen molar-refractivity contribution in [2.45, 2.75) is 44.7 Å². The van der Waals surface area contributed by atoms with Crippen LogP contribution in [0.3, 0.4) is 0 Å². The first-order chi connectivity index (χ1) is 17.6. The molecule has 1 amide bonds. The Bertz CT molecular complexity index is 1130. The molecule has 2 heterocycles. The predicted molar refractivity (Wildman–Crippen MR) is 149 cm³/mol. The Kier molecular flexibility index (Phi) is 8.22. The number of carbonyl (C=O) groups is 1. The van der Waals surface area contributed by atoms with E-state index < -0.39 is 0 Å². The predicted octanol–water partition coefficient (Wildman–Crippen LogP) is 6.79. The summed E-state index contributed by atoms with van der Waals surface area (Å²) in [6.07, 6.45) is 6.54. The first-order valence-corrected chi connectivity index (χ1v) is 13.5. The minimum Gasteiger partial charge on any atom is -0.356 e. The van der Waals surface area contributed by atoms with Gasteiger partial charge in [-0.2, -0.15) is 0 Å². The van der Waals surface area contributed by atoms with Gasteiger partial charge < -0.3 is 15.5 Å². The van der Waals surface area contributed by atoms with Crippen molar-refractivity contribution in [1.29, 1.82) is 0 Å². The van der Waals surface area contributed by atoms with Gasteiger partial charge in [0.2, 0.25) is 0 Å². The van der Waals surface area contributed by atoms with Crippen molar-refractivity contribution in [3.63, 3.8) is 0 Å². The van der Waals surface area contributed by atoms with Crippen molar-refractivity contribution in [2.24, 2.45) is 0 Å². The molecule has 36 heavy (non-hydrogen) atoms. The lowest BCUT2D eigenvalue weighted by Crippen LogP contribution is -2.46. The van der Waals surface area contributed by atoms with Crippen LogP contribution in [0.1, 0.15) is 48.0 Å². The molecule has 0 radical (unpaired) electrons. The van der Waals surface area contributed by atoms with Gasteiger partial charge in [-0.15, -0.1) is 0 Å². The molecule has 6 heteroatoms. The molecule has 3 aromatic carbocycles. The number of likely N-dealkylation sites (tertiary alicyclic amines) is 2. The monoisotopic (exact) mass is 502 g/mol. The maximum Gasteiger partial charge on any atom is 0.255 e. The molecule has 0 saturated carbocycles. The highest BCUT2D eigenvalue weighted by Gasteiger charge is 2.26. The number of nitrogens with one attached hydrogen (secondary N) is 2. The quantitative estimate of drug-likeness (QED) is 0.373. The molecule has 188 valence electrons. The molecular weight excluding hydrogens is 468 g/mol. The van der Waals surface area contributed by atoms with Gasteiger partial charge in [-0.25, -0.2) is 0 Å². The van der Waals surface area contributed by atoms with Crippen LogP contribution in [0.25, 0.3) is 0 Å². The van der Waals surface area contributed by atoms with E-state index in [-0.39, 0.29) is 5.91 Å². The zero-order valence-corrected chi connectivity index (χ0v) is 21.5. The number of rotatable bonds is 7. The summed E-state index contributed by atoms with van der Waals surface area (Å²) in [5, 5.41) is 7.13. The van der Waals surface area contributed by atoms with E-state index >= 15 is 0 Å². The molecule has 5 rings (SSSR count). The molecule has 0 aliphatic carbocycles. The molecule has 0 bridgehead atoms. The third kappa shape index (κ3) is 6.47. The minimum absolute atomic E-state index is 0.0628. The summed E-state index contributed by atoms with van der Waals surface area (Å²) in [4.78, 5) is 18.4. The summed E-state index contributed by atoms with van der Waals surface area (Å²) in [5.74, 6) is -0.0628. The highest BCUT2D eigenvalue weighted by Crippen LogP contribution is 2.24. The fraction of sp³-hybridized carbons (Fsp3) is 0.367. The molecule has 0 atom stereocenters. The average molecular weight is 503 g/mol. The number of nitrogens with zero attached hydrogens (tertiary/aromatic N) is 2. The number of halogens is 1. The van der Waals surface area contributed by atoms with Crippen molar-refractivity contribution in [3.8, 4) is 0 Å². The fourth-order valence-corrected chi connectivity index (χ4v) is 5.51. The van der Waals surface area contributed by atoms with E-state index in [2.05, 4.69) is 26.5 Å². The van der Waals surface area contributed by atoms with Crippen LogP contribution >= 0.6 is 11.6 Å². The fourth-order valence-electron chi connectivity index (χ4n) is 5.38. The van der Waals surface area contributed by atoms with Crippen LogP contribution in [0.15, 0.2) is 72.8 Å². The van der Waals surface area contributed by atoms with E-state index in [0.29, 0.717) is 5.02 Å². The van der Waals surface area contributed by atoms with Gasteiger partial charge in [0, 0.05) is 40.2 Å². The van der Waals surface area contributed by atoms with Gasteiger partial charge >= 0.3 is 0 Å². The molecule has 2 fully saturated rings. The summed E-state index contributed by atoms with van der Waals surface area (Å²) in [7, 11) is 0. The zero-order chi connectivity index (χ0) is 24.7. The number of piperidine rings is 2. The zero-order valence-electron chi connectivity index (χ0n) is 20.8. The molecule has 0 aromatic heterocycles. The number of hydrogen-bond donors (Lipinski definition) is 2. The normalized spacial score (nSPS) is 17.6. The van der Waals surface area contributed by atoms with Crippen LogP contribution in [-0.4, -0.2) is 47.9 Å². The summed E-state index contributed by atoms with van der Waals surface area (Å²) in [5.41, 5.74) is 4.53.